The number of aromatic amines is 1. The minimum absolute atomic E-state index is 0.0387. The van der Waals surface area contributed by atoms with Crippen molar-refractivity contribution >= 4 is 40.5 Å². The van der Waals surface area contributed by atoms with Crippen molar-refractivity contribution in [2.75, 3.05) is 11.9 Å². The Morgan fingerprint density at radius 3 is 2.31 bits per heavy atom. The minimum atomic E-state index is -1.06. The normalized spacial score (nSPS) is 16.6. The number of rotatable bonds is 11. The van der Waals surface area contributed by atoms with Crippen molar-refractivity contribution in [1.29, 1.82) is 0 Å². The summed E-state index contributed by atoms with van der Waals surface area (Å²) in [6.07, 6.45) is 1.84. The van der Waals surface area contributed by atoms with Crippen LogP contribution in [0.1, 0.15) is 61.0 Å². The van der Waals surface area contributed by atoms with Crippen molar-refractivity contribution in [2.24, 2.45) is 18.9 Å². The van der Waals surface area contributed by atoms with Gasteiger partial charge in [-0.3, -0.25) is 19.0 Å². The molecule has 1 atom stereocenters. The molecular weight excluding hydrogens is 624 g/mol. The Morgan fingerprint density at radius 2 is 1.65 bits per heavy atom. The van der Waals surface area contributed by atoms with E-state index >= 15 is 0 Å². The number of nitrogens with one attached hydrogen (secondary N) is 5. The monoisotopic (exact) mass is 668 g/mol. The van der Waals surface area contributed by atoms with Crippen LogP contribution in [0, 0.1) is 18.8 Å². The smallest absolute Gasteiger partial charge is 0.404 e. The number of imidazole rings is 1. The Kier molecular flexibility index (Phi) is 10.9. The Hall–Kier alpha value is -5.39. The minimum Gasteiger partial charge on any atom is -0.465 e. The summed E-state index contributed by atoms with van der Waals surface area (Å²) in [5, 5.41) is 20.2. The predicted octanol–water partition coefficient (Wildman–Crippen LogP) is 4.72. The van der Waals surface area contributed by atoms with Crippen LogP contribution in [-0.4, -0.2) is 57.1 Å². The van der Waals surface area contributed by atoms with Gasteiger partial charge in [0, 0.05) is 43.2 Å². The largest absolute Gasteiger partial charge is 0.465 e. The molecule has 1 aromatic heterocycles. The van der Waals surface area contributed by atoms with Crippen LogP contribution in [0.4, 0.5) is 10.5 Å². The predicted molar refractivity (Wildman–Crippen MR) is 188 cm³/mol. The number of fused-ring (bicyclic) bond motifs is 1. The molecule has 0 bridgehead atoms. The van der Waals surface area contributed by atoms with Crippen molar-refractivity contribution in [3.8, 4) is 11.1 Å². The van der Waals surface area contributed by atoms with E-state index in [0.29, 0.717) is 41.7 Å². The highest BCUT2D eigenvalue weighted by molar-refractivity contribution is 5.99. The maximum Gasteiger partial charge on any atom is 0.404 e. The van der Waals surface area contributed by atoms with Crippen molar-refractivity contribution in [3.05, 3.63) is 87.8 Å². The summed E-state index contributed by atoms with van der Waals surface area (Å²) < 4.78 is 1.49. The van der Waals surface area contributed by atoms with Gasteiger partial charge in [0.15, 0.2) is 0 Å². The molecule has 0 saturated heterocycles. The highest BCUT2D eigenvalue weighted by atomic mass is 16.4. The van der Waals surface area contributed by atoms with Gasteiger partial charge in [-0.2, -0.15) is 0 Å². The standard InChI is InChI=1S/C37H44N6O6/c1-21(2)39-34(45)27-13-15-29(22(3)17-27)25-9-5-23(6-10-25)18-31(41-33(44)26-11-7-24(8-12-26)20-38-37(48)49)35(46)40-28-14-16-32-30(19-28)42-36(47)43(32)4/h5-6,9-10,13-17,19,21,24,26,31,38H,7-8,11-12,18,20H2,1-4H3,(H,39,45)(H,40,46)(H,41,44)(H,42,47)(H,48,49)/t24-,26-,31-/m0/s1. The van der Waals surface area contributed by atoms with E-state index in [9.17, 15) is 24.0 Å². The SMILES string of the molecule is Cc1cc(C(=O)NC(C)C)ccc1-c1ccc(C[C@H](NC(=O)[C@H]2CC[C@H](CNC(=O)O)CC2)C(=O)Nc2ccc3c(c2)[nH]c(=O)n3C)cc1. The van der Waals surface area contributed by atoms with E-state index in [1.165, 1.54) is 4.57 Å². The number of anilines is 1. The Labute approximate surface area is 284 Å². The second kappa shape index (κ2) is 15.2. The first kappa shape index (κ1) is 34.9. The number of carbonyl (C=O) groups is 4. The van der Waals surface area contributed by atoms with Crippen LogP contribution < -0.4 is 27.0 Å². The van der Waals surface area contributed by atoms with Gasteiger partial charge in [0.2, 0.25) is 11.8 Å². The maximum atomic E-state index is 13.7. The van der Waals surface area contributed by atoms with E-state index < -0.39 is 12.1 Å². The molecular formula is C37H44N6O6. The number of H-pyrrole nitrogens is 1. The zero-order valence-electron chi connectivity index (χ0n) is 28.3. The van der Waals surface area contributed by atoms with Crippen molar-refractivity contribution < 1.29 is 24.3 Å². The number of hydrogen-bond donors (Lipinski definition) is 6. The molecule has 1 fully saturated rings. The molecule has 0 aliphatic heterocycles. The molecule has 0 unspecified atom stereocenters. The summed E-state index contributed by atoms with van der Waals surface area (Å²) >= 11 is 0. The van der Waals surface area contributed by atoms with Crippen molar-refractivity contribution in [3.63, 3.8) is 0 Å². The van der Waals surface area contributed by atoms with E-state index in [0.717, 1.165) is 35.1 Å². The molecule has 1 saturated carbocycles. The number of carbonyl (C=O) groups excluding carboxylic acids is 3. The lowest BCUT2D eigenvalue weighted by Gasteiger charge is -2.29. The molecule has 49 heavy (non-hydrogen) atoms. The second-order valence-electron chi connectivity index (χ2n) is 13.2. The Morgan fingerprint density at radius 1 is 0.939 bits per heavy atom. The second-order valence-corrected chi connectivity index (χ2v) is 13.2. The summed E-state index contributed by atoms with van der Waals surface area (Å²) in [6, 6.07) is 17.7. The topological polar surface area (TPSA) is 174 Å². The third kappa shape index (κ3) is 8.75. The summed E-state index contributed by atoms with van der Waals surface area (Å²) in [5.41, 5.74) is 5.86. The van der Waals surface area contributed by atoms with Gasteiger partial charge in [-0.15, -0.1) is 0 Å². The van der Waals surface area contributed by atoms with E-state index in [1.54, 1.807) is 25.2 Å². The number of nitrogens with zero attached hydrogens (tertiary/aromatic N) is 1. The fraction of sp³-hybridized carbons (Fsp3) is 0.378. The molecule has 4 amide bonds. The third-order valence-electron chi connectivity index (χ3n) is 9.18. The number of benzene rings is 3. The molecule has 5 rings (SSSR count). The van der Waals surface area contributed by atoms with Gasteiger partial charge in [-0.1, -0.05) is 30.3 Å². The first-order chi connectivity index (χ1) is 23.4. The van der Waals surface area contributed by atoms with Crippen LogP contribution in [0.2, 0.25) is 0 Å². The summed E-state index contributed by atoms with van der Waals surface area (Å²) in [6.45, 7) is 6.16. The molecule has 0 radical (unpaired) electrons. The number of hydrogen-bond acceptors (Lipinski definition) is 5. The highest BCUT2D eigenvalue weighted by Crippen LogP contribution is 2.29. The van der Waals surface area contributed by atoms with Gasteiger partial charge in [0.25, 0.3) is 5.91 Å². The Bertz CT molecular complexity index is 1900. The van der Waals surface area contributed by atoms with Crippen molar-refractivity contribution in [2.45, 2.75) is 65.0 Å². The summed E-state index contributed by atoms with van der Waals surface area (Å²) in [7, 11) is 1.66. The van der Waals surface area contributed by atoms with Crippen molar-refractivity contribution in [1.82, 2.24) is 25.5 Å². The van der Waals surface area contributed by atoms with Crippen LogP contribution in [0.5, 0.6) is 0 Å². The fourth-order valence-corrected chi connectivity index (χ4v) is 6.43. The molecule has 3 aromatic carbocycles. The fourth-order valence-electron chi connectivity index (χ4n) is 6.43. The summed E-state index contributed by atoms with van der Waals surface area (Å²) in [5.74, 6) is -0.819. The lowest BCUT2D eigenvalue weighted by molar-refractivity contribution is -0.130. The molecule has 258 valence electrons. The van der Waals surface area contributed by atoms with Gasteiger partial charge < -0.3 is 31.4 Å². The molecule has 6 N–H and O–H groups in total. The Balaban J connectivity index is 1.31. The van der Waals surface area contributed by atoms with Crippen LogP contribution in [0.3, 0.4) is 0 Å². The number of aryl methyl sites for hydroxylation is 2. The molecule has 1 heterocycles. The zero-order valence-corrected chi connectivity index (χ0v) is 28.3. The molecule has 4 aromatic rings. The van der Waals surface area contributed by atoms with E-state index in [4.69, 9.17) is 5.11 Å². The lowest BCUT2D eigenvalue weighted by atomic mass is 9.81. The number of aromatic nitrogens is 2. The zero-order chi connectivity index (χ0) is 35.2. The lowest BCUT2D eigenvalue weighted by Crippen LogP contribution is -2.48. The van der Waals surface area contributed by atoms with E-state index in [1.807, 2.05) is 63.2 Å². The summed E-state index contributed by atoms with van der Waals surface area (Å²) in [4.78, 5) is 65.4. The average molecular weight is 669 g/mol. The van der Waals surface area contributed by atoms with Crippen LogP contribution >= 0.6 is 0 Å². The molecule has 1 aliphatic carbocycles. The third-order valence-corrected chi connectivity index (χ3v) is 9.18. The quantitative estimate of drug-likeness (QED) is 0.135. The van der Waals surface area contributed by atoms with E-state index in [2.05, 4.69) is 26.3 Å². The van der Waals surface area contributed by atoms with Gasteiger partial charge in [0.05, 0.1) is 11.0 Å². The molecule has 12 nitrogen and oxygen atoms in total. The van der Waals surface area contributed by atoms with Gasteiger partial charge in [-0.25, -0.2) is 9.59 Å². The van der Waals surface area contributed by atoms with Gasteiger partial charge >= 0.3 is 11.8 Å². The molecule has 0 spiro atoms. The first-order valence-corrected chi connectivity index (χ1v) is 16.7. The van der Waals surface area contributed by atoms with Gasteiger partial charge in [-0.05, 0) is 105 Å². The average Bonchev–Trinajstić information content (AvgIpc) is 3.35. The maximum absolute atomic E-state index is 13.7. The van der Waals surface area contributed by atoms with Crippen LogP contribution in [0.15, 0.2) is 65.5 Å². The number of amides is 4. The molecule has 12 heteroatoms. The first-order valence-electron chi connectivity index (χ1n) is 16.7. The van der Waals surface area contributed by atoms with E-state index in [-0.39, 0.29) is 47.7 Å². The van der Waals surface area contributed by atoms with Crippen LogP contribution in [-0.2, 0) is 23.1 Å². The van der Waals surface area contributed by atoms with Crippen LogP contribution in [0.25, 0.3) is 22.2 Å². The number of carboxylic acid groups (broad SMARTS) is 1. The van der Waals surface area contributed by atoms with Gasteiger partial charge in [0.1, 0.15) is 6.04 Å². The highest BCUT2D eigenvalue weighted by Gasteiger charge is 2.30. The molecule has 1 aliphatic rings.